The van der Waals surface area contributed by atoms with Gasteiger partial charge in [0.05, 0.1) is 13.2 Å². The van der Waals surface area contributed by atoms with Gasteiger partial charge in [-0.1, -0.05) is 6.92 Å². The predicted octanol–water partition coefficient (Wildman–Crippen LogP) is 1.18. The molecule has 0 saturated heterocycles. The van der Waals surface area contributed by atoms with E-state index in [1.807, 2.05) is 6.92 Å². The second-order valence-corrected chi connectivity index (χ2v) is 3.66. The second-order valence-electron chi connectivity index (χ2n) is 2.10. The van der Waals surface area contributed by atoms with Crippen molar-refractivity contribution in [3.63, 3.8) is 0 Å². The van der Waals surface area contributed by atoms with Crippen molar-refractivity contribution in [2.75, 3.05) is 26.9 Å². The molecule has 1 N–H and O–H groups in total. The van der Waals surface area contributed by atoms with E-state index < -0.39 is 7.82 Å². The van der Waals surface area contributed by atoms with E-state index in [1.165, 1.54) is 0 Å². The van der Waals surface area contributed by atoms with Gasteiger partial charge in [-0.25, -0.2) is 4.57 Å². The van der Waals surface area contributed by atoms with Gasteiger partial charge in [-0.3, -0.25) is 9.05 Å². The van der Waals surface area contributed by atoms with Crippen molar-refractivity contribution < 1.29 is 23.2 Å². The van der Waals surface area contributed by atoms with Crippen LogP contribution >= 0.6 is 7.82 Å². The van der Waals surface area contributed by atoms with Gasteiger partial charge in [0.25, 0.3) is 0 Å². The largest absolute Gasteiger partial charge is 0.471 e. The fourth-order valence-corrected chi connectivity index (χ4v) is 0.921. The highest BCUT2D eigenvalue weighted by Gasteiger charge is 2.17. The number of hydrogen-bond donors (Lipinski definition) is 1. The van der Waals surface area contributed by atoms with Crippen LogP contribution in [0.25, 0.3) is 0 Å². The zero-order chi connectivity index (χ0) is 9.45. The van der Waals surface area contributed by atoms with Crippen molar-refractivity contribution in [3.05, 3.63) is 0 Å². The topological polar surface area (TPSA) is 65.0 Å². The lowest BCUT2D eigenvalue weighted by molar-refractivity contribution is 0.0818. The second kappa shape index (κ2) is 6.57. The van der Waals surface area contributed by atoms with E-state index in [9.17, 15) is 4.57 Å². The van der Waals surface area contributed by atoms with Crippen LogP contribution in [0.1, 0.15) is 13.3 Å². The van der Waals surface area contributed by atoms with E-state index in [4.69, 9.17) is 9.63 Å². The summed E-state index contributed by atoms with van der Waals surface area (Å²) in [4.78, 5) is 8.74. The summed E-state index contributed by atoms with van der Waals surface area (Å²) in [5.41, 5.74) is 0. The summed E-state index contributed by atoms with van der Waals surface area (Å²) in [6, 6.07) is 0. The molecule has 0 aromatic carbocycles. The third-order valence-electron chi connectivity index (χ3n) is 1.06. The number of ether oxygens (including phenoxy) is 1. The van der Waals surface area contributed by atoms with Crippen LogP contribution in [0, 0.1) is 0 Å². The standard InChI is InChI=1S/C6H15O5P/c1-3-4-10-5-6-11-12(7,8)9-2/h3-6H2,1-2H3,(H,7,8). The van der Waals surface area contributed by atoms with E-state index >= 15 is 0 Å². The van der Waals surface area contributed by atoms with Gasteiger partial charge in [0.1, 0.15) is 0 Å². The Morgan fingerprint density at radius 3 is 2.50 bits per heavy atom. The van der Waals surface area contributed by atoms with Crippen molar-refractivity contribution in [2.24, 2.45) is 0 Å². The van der Waals surface area contributed by atoms with Crippen LogP contribution in [0.4, 0.5) is 0 Å². The zero-order valence-electron chi connectivity index (χ0n) is 7.36. The van der Waals surface area contributed by atoms with Crippen LogP contribution < -0.4 is 0 Å². The van der Waals surface area contributed by atoms with Gasteiger partial charge in [-0.05, 0) is 6.42 Å². The predicted molar refractivity (Wildman–Crippen MR) is 43.9 cm³/mol. The minimum Gasteiger partial charge on any atom is -0.379 e. The maximum absolute atomic E-state index is 10.7. The van der Waals surface area contributed by atoms with Crippen LogP contribution in [0.15, 0.2) is 0 Å². The summed E-state index contributed by atoms with van der Waals surface area (Å²) in [5, 5.41) is 0. The molecule has 0 radical (unpaired) electrons. The highest BCUT2D eigenvalue weighted by Crippen LogP contribution is 2.41. The fraction of sp³-hybridized carbons (Fsp3) is 1.00. The highest BCUT2D eigenvalue weighted by atomic mass is 31.2. The Labute approximate surface area is 72.2 Å². The van der Waals surface area contributed by atoms with Crippen molar-refractivity contribution in [1.29, 1.82) is 0 Å². The van der Waals surface area contributed by atoms with Gasteiger partial charge < -0.3 is 9.63 Å². The molecule has 74 valence electrons. The average molecular weight is 198 g/mol. The van der Waals surface area contributed by atoms with E-state index in [2.05, 4.69) is 9.05 Å². The molecular formula is C6H15O5P. The number of hydrogen-bond acceptors (Lipinski definition) is 4. The van der Waals surface area contributed by atoms with E-state index in [1.54, 1.807) is 0 Å². The lowest BCUT2D eigenvalue weighted by Gasteiger charge is -2.08. The molecule has 0 saturated carbocycles. The Hall–Kier alpha value is 0.0700. The monoisotopic (exact) mass is 198 g/mol. The summed E-state index contributed by atoms with van der Waals surface area (Å²) < 4.78 is 24.3. The molecule has 0 heterocycles. The van der Waals surface area contributed by atoms with E-state index in [-0.39, 0.29) is 6.61 Å². The first-order chi connectivity index (χ1) is 5.62. The van der Waals surface area contributed by atoms with Crippen molar-refractivity contribution in [2.45, 2.75) is 13.3 Å². The fourth-order valence-electron chi connectivity index (χ4n) is 0.511. The molecule has 0 amide bonds. The number of rotatable bonds is 7. The molecule has 0 aromatic rings. The Morgan fingerprint density at radius 2 is 2.00 bits per heavy atom. The summed E-state index contributed by atoms with van der Waals surface area (Å²) in [5.74, 6) is 0. The minimum absolute atomic E-state index is 0.0710. The molecular weight excluding hydrogens is 183 g/mol. The van der Waals surface area contributed by atoms with Gasteiger partial charge >= 0.3 is 7.82 Å². The molecule has 0 bridgehead atoms. The van der Waals surface area contributed by atoms with E-state index in [0.29, 0.717) is 13.2 Å². The molecule has 0 aliphatic carbocycles. The van der Waals surface area contributed by atoms with Gasteiger partial charge in [0.2, 0.25) is 0 Å². The molecule has 1 atom stereocenters. The maximum atomic E-state index is 10.7. The Kier molecular flexibility index (Phi) is 6.61. The third kappa shape index (κ3) is 6.76. The highest BCUT2D eigenvalue weighted by molar-refractivity contribution is 7.47. The minimum atomic E-state index is -3.80. The first-order valence-electron chi connectivity index (χ1n) is 3.73. The summed E-state index contributed by atoms with van der Waals surface area (Å²) in [7, 11) is -2.68. The van der Waals surface area contributed by atoms with Crippen LogP contribution in [-0.2, 0) is 18.3 Å². The summed E-state index contributed by atoms with van der Waals surface area (Å²) >= 11 is 0. The Morgan fingerprint density at radius 1 is 1.33 bits per heavy atom. The molecule has 0 spiro atoms. The van der Waals surface area contributed by atoms with Crippen molar-refractivity contribution >= 4 is 7.82 Å². The van der Waals surface area contributed by atoms with Gasteiger partial charge in [-0.15, -0.1) is 0 Å². The Bertz CT molecular complexity index is 149. The molecule has 1 unspecified atom stereocenters. The SMILES string of the molecule is CCCOCCOP(=O)(O)OC. The summed E-state index contributed by atoms with van der Waals surface area (Å²) in [6.07, 6.45) is 0.918. The molecule has 0 aliphatic rings. The van der Waals surface area contributed by atoms with Gasteiger partial charge in [0.15, 0.2) is 0 Å². The first kappa shape index (κ1) is 12.1. The first-order valence-corrected chi connectivity index (χ1v) is 5.22. The van der Waals surface area contributed by atoms with E-state index in [0.717, 1.165) is 13.5 Å². The quantitative estimate of drug-likeness (QED) is 0.491. The zero-order valence-corrected chi connectivity index (χ0v) is 8.25. The maximum Gasteiger partial charge on any atom is 0.471 e. The summed E-state index contributed by atoms with van der Waals surface area (Å²) in [6.45, 7) is 2.99. The number of phosphoric acid groups is 1. The molecule has 0 rings (SSSR count). The molecule has 12 heavy (non-hydrogen) atoms. The lowest BCUT2D eigenvalue weighted by Crippen LogP contribution is -2.04. The van der Waals surface area contributed by atoms with Crippen molar-refractivity contribution in [3.8, 4) is 0 Å². The van der Waals surface area contributed by atoms with Crippen LogP contribution in [-0.4, -0.2) is 31.8 Å². The number of phosphoric ester groups is 1. The molecule has 0 aliphatic heterocycles. The van der Waals surface area contributed by atoms with Gasteiger partial charge in [0, 0.05) is 13.7 Å². The smallest absolute Gasteiger partial charge is 0.379 e. The van der Waals surface area contributed by atoms with Crippen molar-refractivity contribution in [1.82, 2.24) is 0 Å². The molecule has 0 aromatic heterocycles. The third-order valence-corrected chi connectivity index (χ3v) is 2.03. The molecule has 0 fully saturated rings. The molecule has 5 nitrogen and oxygen atoms in total. The van der Waals surface area contributed by atoms with Crippen LogP contribution in [0.5, 0.6) is 0 Å². The lowest BCUT2D eigenvalue weighted by atomic mass is 10.5. The Balaban J connectivity index is 3.25. The molecule has 6 heteroatoms. The van der Waals surface area contributed by atoms with Crippen LogP contribution in [0.3, 0.4) is 0 Å². The average Bonchev–Trinajstić information content (AvgIpc) is 2.04. The van der Waals surface area contributed by atoms with Crippen LogP contribution in [0.2, 0.25) is 0 Å². The normalized spacial score (nSPS) is 15.9. The van der Waals surface area contributed by atoms with Gasteiger partial charge in [-0.2, -0.15) is 0 Å².